The molecule has 1 aromatic rings. The molecule has 3 atom stereocenters. The van der Waals surface area contributed by atoms with E-state index in [2.05, 4.69) is 15.0 Å². The number of aryl methyl sites for hydroxylation is 1. The van der Waals surface area contributed by atoms with Crippen LogP contribution in [0.2, 0.25) is 0 Å². The number of rotatable bonds is 3. The van der Waals surface area contributed by atoms with Crippen LogP contribution in [-0.4, -0.2) is 59.3 Å². The van der Waals surface area contributed by atoms with Crippen molar-refractivity contribution in [2.24, 2.45) is 0 Å². The average molecular weight is 333 g/mol. The first-order valence-electron chi connectivity index (χ1n) is 9.31. The first-order chi connectivity index (χ1) is 11.7. The number of aromatic nitrogens is 1. The molecule has 0 unspecified atom stereocenters. The van der Waals surface area contributed by atoms with Gasteiger partial charge in [0.2, 0.25) is 5.91 Å². The third-order valence-corrected chi connectivity index (χ3v) is 5.73. The van der Waals surface area contributed by atoms with Crippen LogP contribution in [0, 0.1) is 6.92 Å². The van der Waals surface area contributed by atoms with Crippen molar-refractivity contribution in [1.29, 1.82) is 0 Å². The number of likely N-dealkylation sites (tertiary alicyclic amines) is 1. The quantitative estimate of drug-likeness (QED) is 0.849. The molecule has 1 aromatic heterocycles. The van der Waals surface area contributed by atoms with Gasteiger partial charge in [0.15, 0.2) is 5.76 Å². The van der Waals surface area contributed by atoms with Crippen LogP contribution in [-0.2, 0) is 9.53 Å². The number of hydrogen-bond acceptors (Lipinski definition) is 5. The minimum atomic E-state index is 0.193. The van der Waals surface area contributed by atoms with E-state index in [1.807, 2.05) is 13.0 Å². The van der Waals surface area contributed by atoms with Gasteiger partial charge in [-0.05, 0) is 39.2 Å². The lowest BCUT2D eigenvalue weighted by molar-refractivity contribution is -0.150. The fraction of sp³-hybridized carbons (Fsp3) is 0.778. The van der Waals surface area contributed by atoms with Crippen molar-refractivity contribution in [2.45, 2.75) is 63.6 Å². The third-order valence-electron chi connectivity index (χ3n) is 5.73. The molecule has 2 aliphatic heterocycles. The molecule has 0 bridgehead atoms. The van der Waals surface area contributed by atoms with E-state index < -0.39 is 0 Å². The molecule has 1 amide bonds. The second-order valence-corrected chi connectivity index (χ2v) is 7.35. The summed E-state index contributed by atoms with van der Waals surface area (Å²) in [5, 5.41) is 4.01. The molecule has 6 nitrogen and oxygen atoms in total. The number of carbonyl (C=O) groups excluding carboxylic acids is 1. The van der Waals surface area contributed by atoms with Crippen LogP contribution in [0.15, 0.2) is 10.6 Å². The monoisotopic (exact) mass is 333 g/mol. The lowest BCUT2D eigenvalue weighted by atomic mass is 9.90. The molecule has 0 spiro atoms. The van der Waals surface area contributed by atoms with E-state index in [0.29, 0.717) is 13.2 Å². The highest BCUT2D eigenvalue weighted by Crippen LogP contribution is 2.33. The summed E-state index contributed by atoms with van der Waals surface area (Å²) in [6.07, 6.45) is 7.01. The lowest BCUT2D eigenvalue weighted by Crippen LogP contribution is -2.56. The maximum absolute atomic E-state index is 13.0. The second kappa shape index (κ2) is 6.84. The molecule has 1 saturated carbocycles. The van der Waals surface area contributed by atoms with Gasteiger partial charge in [0.25, 0.3) is 0 Å². The fourth-order valence-electron chi connectivity index (χ4n) is 4.55. The van der Waals surface area contributed by atoms with Crippen molar-refractivity contribution >= 4 is 5.91 Å². The number of hydrogen-bond donors (Lipinski definition) is 0. The van der Waals surface area contributed by atoms with Crippen molar-refractivity contribution in [1.82, 2.24) is 15.0 Å². The molecule has 3 fully saturated rings. The summed E-state index contributed by atoms with van der Waals surface area (Å²) >= 11 is 0. The minimum absolute atomic E-state index is 0.193. The van der Waals surface area contributed by atoms with E-state index in [-0.39, 0.29) is 24.1 Å². The summed E-state index contributed by atoms with van der Waals surface area (Å²) in [6, 6.07) is 2.48. The molecule has 0 radical (unpaired) electrons. The van der Waals surface area contributed by atoms with E-state index in [0.717, 1.165) is 50.2 Å². The van der Waals surface area contributed by atoms with E-state index in [1.165, 1.54) is 12.8 Å². The molecule has 4 rings (SSSR count). The predicted molar refractivity (Wildman–Crippen MR) is 88.5 cm³/mol. The first-order valence-corrected chi connectivity index (χ1v) is 9.31. The van der Waals surface area contributed by atoms with Crippen molar-refractivity contribution < 1.29 is 14.1 Å². The number of ether oxygens (including phenoxy) is 1. The van der Waals surface area contributed by atoms with Crippen LogP contribution in [0.3, 0.4) is 0 Å². The summed E-state index contributed by atoms with van der Waals surface area (Å²) < 4.78 is 11.3. The molecular weight excluding hydrogens is 306 g/mol. The van der Waals surface area contributed by atoms with Crippen LogP contribution in [0.1, 0.15) is 56.0 Å². The lowest BCUT2D eigenvalue weighted by Gasteiger charge is -2.44. The Labute approximate surface area is 143 Å². The van der Waals surface area contributed by atoms with E-state index >= 15 is 0 Å². The summed E-state index contributed by atoms with van der Waals surface area (Å²) in [5.74, 6) is 1.15. The standard InChI is InChI=1S/C18H27N3O3/c1-13-11-17(24-19-13)14-6-4-8-20(14)12-18(22)21-9-10-23-16-7-3-2-5-15(16)21/h11,14-16H,2-10,12H2,1H3/t14-,15-,16-/m0/s1. The van der Waals surface area contributed by atoms with Crippen molar-refractivity contribution in [3.63, 3.8) is 0 Å². The Kier molecular flexibility index (Phi) is 4.59. The van der Waals surface area contributed by atoms with Gasteiger partial charge in [-0.2, -0.15) is 0 Å². The summed E-state index contributed by atoms with van der Waals surface area (Å²) in [4.78, 5) is 17.3. The zero-order chi connectivity index (χ0) is 16.5. The molecule has 2 saturated heterocycles. The maximum Gasteiger partial charge on any atom is 0.237 e. The minimum Gasteiger partial charge on any atom is -0.374 e. The smallest absolute Gasteiger partial charge is 0.237 e. The van der Waals surface area contributed by atoms with Crippen LogP contribution >= 0.6 is 0 Å². The van der Waals surface area contributed by atoms with Gasteiger partial charge in [-0.25, -0.2) is 0 Å². The number of amides is 1. The molecule has 3 aliphatic rings. The highest BCUT2D eigenvalue weighted by Gasteiger charge is 2.38. The molecule has 0 aromatic carbocycles. The Bertz CT molecular complexity index is 586. The van der Waals surface area contributed by atoms with Gasteiger partial charge in [-0.15, -0.1) is 0 Å². The van der Waals surface area contributed by atoms with Crippen LogP contribution in [0.25, 0.3) is 0 Å². The Morgan fingerprint density at radius 3 is 2.96 bits per heavy atom. The largest absolute Gasteiger partial charge is 0.374 e. The number of fused-ring (bicyclic) bond motifs is 1. The van der Waals surface area contributed by atoms with Crippen LogP contribution < -0.4 is 0 Å². The van der Waals surface area contributed by atoms with Gasteiger partial charge >= 0.3 is 0 Å². The third kappa shape index (κ3) is 3.09. The average Bonchev–Trinajstić information content (AvgIpc) is 3.23. The van der Waals surface area contributed by atoms with E-state index in [1.54, 1.807) is 0 Å². The normalized spacial score (nSPS) is 31.2. The van der Waals surface area contributed by atoms with Crippen LogP contribution in [0.5, 0.6) is 0 Å². The molecule has 24 heavy (non-hydrogen) atoms. The SMILES string of the molecule is Cc1cc([C@@H]2CCCN2CC(=O)N2CCO[C@H]3CCCC[C@@H]32)on1. The van der Waals surface area contributed by atoms with Crippen LogP contribution in [0.4, 0.5) is 0 Å². The molecule has 6 heteroatoms. The van der Waals surface area contributed by atoms with Gasteiger partial charge in [0.1, 0.15) is 0 Å². The molecule has 3 heterocycles. The highest BCUT2D eigenvalue weighted by molar-refractivity contribution is 5.79. The highest BCUT2D eigenvalue weighted by atomic mass is 16.5. The summed E-state index contributed by atoms with van der Waals surface area (Å²) in [7, 11) is 0. The zero-order valence-corrected chi connectivity index (χ0v) is 14.4. The van der Waals surface area contributed by atoms with E-state index in [9.17, 15) is 4.79 Å². The molecule has 0 N–H and O–H groups in total. The Balaban J connectivity index is 1.43. The van der Waals surface area contributed by atoms with Gasteiger partial charge < -0.3 is 14.2 Å². The Morgan fingerprint density at radius 1 is 1.25 bits per heavy atom. The Hall–Kier alpha value is -1.40. The molecule has 1 aliphatic carbocycles. The number of carbonyl (C=O) groups is 1. The second-order valence-electron chi connectivity index (χ2n) is 7.35. The van der Waals surface area contributed by atoms with E-state index in [4.69, 9.17) is 9.26 Å². The topological polar surface area (TPSA) is 58.8 Å². The van der Waals surface area contributed by atoms with Gasteiger partial charge in [-0.3, -0.25) is 9.69 Å². The van der Waals surface area contributed by atoms with Crippen molar-refractivity contribution in [3.05, 3.63) is 17.5 Å². The first kappa shape index (κ1) is 16.1. The van der Waals surface area contributed by atoms with Gasteiger partial charge in [0.05, 0.1) is 37.0 Å². The van der Waals surface area contributed by atoms with Crippen molar-refractivity contribution in [2.75, 3.05) is 26.2 Å². The number of morpholine rings is 1. The maximum atomic E-state index is 13.0. The summed E-state index contributed by atoms with van der Waals surface area (Å²) in [6.45, 7) is 4.79. The van der Waals surface area contributed by atoms with Gasteiger partial charge in [0, 0.05) is 12.6 Å². The fourth-order valence-corrected chi connectivity index (χ4v) is 4.55. The predicted octanol–water partition coefficient (Wildman–Crippen LogP) is 2.29. The zero-order valence-electron chi connectivity index (χ0n) is 14.4. The van der Waals surface area contributed by atoms with Crippen molar-refractivity contribution in [3.8, 4) is 0 Å². The Morgan fingerprint density at radius 2 is 2.12 bits per heavy atom. The molecular formula is C18H27N3O3. The molecule has 132 valence electrons. The summed E-state index contributed by atoms with van der Waals surface area (Å²) in [5.41, 5.74) is 0.904. The number of nitrogens with zero attached hydrogens (tertiary/aromatic N) is 3. The van der Waals surface area contributed by atoms with Gasteiger partial charge in [-0.1, -0.05) is 18.0 Å².